The van der Waals surface area contributed by atoms with Crippen molar-refractivity contribution in [3.05, 3.63) is 29.3 Å². The van der Waals surface area contributed by atoms with Crippen molar-refractivity contribution in [3.63, 3.8) is 0 Å². The van der Waals surface area contributed by atoms with Crippen LogP contribution in [0, 0.1) is 0 Å². The fourth-order valence-corrected chi connectivity index (χ4v) is 2.38. The maximum Gasteiger partial charge on any atom is 0.254 e. The molecule has 128 valence electrons. The first-order valence-electron chi connectivity index (χ1n) is 7.38. The molecule has 7 heteroatoms. The van der Waals surface area contributed by atoms with E-state index in [9.17, 15) is 9.59 Å². The van der Waals surface area contributed by atoms with Gasteiger partial charge in [-0.1, -0.05) is 0 Å². The molecular formula is C16H24ClN3O3. The van der Waals surface area contributed by atoms with E-state index in [-0.39, 0.29) is 30.8 Å². The number of methoxy groups -OCH3 is 1. The Morgan fingerprint density at radius 3 is 2.70 bits per heavy atom. The van der Waals surface area contributed by atoms with Crippen LogP contribution in [0.1, 0.15) is 15.9 Å². The molecule has 1 aromatic carbocycles. The Bertz CT molecular complexity index is 564. The van der Waals surface area contributed by atoms with E-state index in [1.807, 2.05) is 12.1 Å². The quantitative estimate of drug-likeness (QED) is 0.846. The molecule has 1 aliphatic heterocycles. The minimum Gasteiger partial charge on any atom is -0.384 e. The standard InChI is InChI=1S/C16H23N3O3.ClH/c1-18(2)15(20)11-19(8-9-22-3)16(21)13-4-5-14-12(10-13)6-7-17-14;/h4-5,10,17H,6-9,11H2,1-3H3;1H. The van der Waals surface area contributed by atoms with Crippen molar-refractivity contribution in [2.45, 2.75) is 6.42 Å². The van der Waals surface area contributed by atoms with Crippen molar-refractivity contribution in [1.82, 2.24) is 9.80 Å². The number of benzene rings is 1. The number of anilines is 1. The van der Waals surface area contributed by atoms with Crippen LogP contribution in [0.2, 0.25) is 0 Å². The highest BCUT2D eigenvalue weighted by Crippen LogP contribution is 2.23. The summed E-state index contributed by atoms with van der Waals surface area (Å²) in [5, 5.41) is 3.27. The Kier molecular flexibility index (Phi) is 7.32. The van der Waals surface area contributed by atoms with Crippen LogP contribution in [0.25, 0.3) is 0 Å². The third-order valence-corrected chi connectivity index (χ3v) is 3.74. The van der Waals surface area contributed by atoms with Gasteiger partial charge in [0.1, 0.15) is 6.54 Å². The molecule has 0 saturated carbocycles. The van der Waals surface area contributed by atoms with Crippen molar-refractivity contribution in [2.24, 2.45) is 0 Å². The lowest BCUT2D eigenvalue weighted by Gasteiger charge is -2.24. The molecule has 2 amide bonds. The Labute approximate surface area is 143 Å². The topological polar surface area (TPSA) is 61.9 Å². The van der Waals surface area contributed by atoms with Crippen LogP contribution in [0.5, 0.6) is 0 Å². The van der Waals surface area contributed by atoms with E-state index in [1.165, 1.54) is 9.80 Å². The number of hydrogen-bond acceptors (Lipinski definition) is 4. The molecule has 0 saturated heterocycles. The van der Waals surface area contributed by atoms with Gasteiger partial charge in [-0.05, 0) is 30.2 Å². The second kappa shape index (κ2) is 8.74. The molecule has 6 nitrogen and oxygen atoms in total. The highest BCUT2D eigenvalue weighted by atomic mass is 35.5. The highest BCUT2D eigenvalue weighted by Gasteiger charge is 2.21. The predicted molar refractivity (Wildman–Crippen MR) is 92.4 cm³/mol. The van der Waals surface area contributed by atoms with Crippen molar-refractivity contribution < 1.29 is 14.3 Å². The Morgan fingerprint density at radius 1 is 1.30 bits per heavy atom. The molecule has 0 spiro atoms. The van der Waals surface area contributed by atoms with Crippen LogP contribution >= 0.6 is 12.4 Å². The van der Waals surface area contributed by atoms with Gasteiger partial charge in [0.2, 0.25) is 5.91 Å². The van der Waals surface area contributed by atoms with Crippen LogP contribution in [0.4, 0.5) is 5.69 Å². The minimum atomic E-state index is -0.137. The molecule has 0 radical (unpaired) electrons. The molecule has 23 heavy (non-hydrogen) atoms. The van der Waals surface area contributed by atoms with Gasteiger partial charge in [-0.3, -0.25) is 9.59 Å². The highest BCUT2D eigenvalue weighted by molar-refractivity contribution is 5.97. The lowest BCUT2D eigenvalue weighted by Crippen LogP contribution is -2.41. The second-order valence-corrected chi connectivity index (χ2v) is 5.56. The Morgan fingerprint density at radius 2 is 2.04 bits per heavy atom. The summed E-state index contributed by atoms with van der Waals surface area (Å²) in [5.41, 5.74) is 2.85. The van der Waals surface area contributed by atoms with Gasteiger partial charge in [0.25, 0.3) is 5.91 Å². The molecule has 1 heterocycles. The number of amides is 2. The molecule has 0 bridgehead atoms. The summed E-state index contributed by atoms with van der Waals surface area (Å²) in [6.45, 7) is 1.76. The zero-order valence-electron chi connectivity index (χ0n) is 13.8. The summed E-state index contributed by atoms with van der Waals surface area (Å²) in [6.07, 6.45) is 0.922. The van der Waals surface area contributed by atoms with Crippen molar-refractivity contribution >= 4 is 29.9 Å². The van der Waals surface area contributed by atoms with Gasteiger partial charge in [-0.25, -0.2) is 0 Å². The normalized spacial score (nSPS) is 12.0. The van der Waals surface area contributed by atoms with Crippen LogP contribution in [0.15, 0.2) is 18.2 Å². The fourth-order valence-electron chi connectivity index (χ4n) is 2.38. The number of fused-ring (bicyclic) bond motifs is 1. The number of hydrogen-bond donors (Lipinski definition) is 1. The predicted octanol–water partition coefficient (Wildman–Crippen LogP) is 1.25. The molecule has 2 rings (SSSR count). The average Bonchev–Trinajstić information content (AvgIpc) is 2.97. The van der Waals surface area contributed by atoms with Gasteiger partial charge >= 0.3 is 0 Å². The van der Waals surface area contributed by atoms with E-state index in [1.54, 1.807) is 27.3 Å². The van der Waals surface area contributed by atoms with Gasteiger partial charge < -0.3 is 19.9 Å². The fraction of sp³-hybridized carbons (Fsp3) is 0.500. The van der Waals surface area contributed by atoms with E-state index in [4.69, 9.17) is 4.74 Å². The molecule has 1 aromatic rings. The van der Waals surface area contributed by atoms with Gasteiger partial charge in [-0.15, -0.1) is 12.4 Å². The van der Waals surface area contributed by atoms with Crippen molar-refractivity contribution in [1.29, 1.82) is 0 Å². The summed E-state index contributed by atoms with van der Waals surface area (Å²) >= 11 is 0. The van der Waals surface area contributed by atoms with E-state index in [0.29, 0.717) is 18.7 Å². The molecule has 1 aliphatic rings. The molecular weight excluding hydrogens is 318 g/mol. The van der Waals surface area contributed by atoms with E-state index < -0.39 is 0 Å². The number of nitrogens with one attached hydrogen (secondary N) is 1. The smallest absolute Gasteiger partial charge is 0.254 e. The van der Waals surface area contributed by atoms with E-state index in [2.05, 4.69) is 5.32 Å². The number of likely N-dealkylation sites (N-methyl/N-ethyl adjacent to an activating group) is 1. The minimum absolute atomic E-state index is 0. The molecule has 1 N–H and O–H groups in total. The SMILES string of the molecule is COCCN(CC(=O)N(C)C)C(=O)c1ccc2c(c1)CCN2.Cl. The van der Waals surface area contributed by atoms with Crippen LogP contribution in [-0.4, -0.2) is 69.1 Å². The number of ether oxygens (including phenoxy) is 1. The zero-order chi connectivity index (χ0) is 16.1. The Hall–Kier alpha value is -1.79. The number of carbonyl (C=O) groups excluding carboxylic acids is 2. The first-order chi connectivity index (χ1) is 10.5. The van der Waals surface area contributed by atoms with Crippen LogP contribution in [-0.2, 0) is 16.0 Å². The molecule has 0 aliphatic carbocycles. The molecule has 0 atom stereocenters. The van der Waals surface area contributed by atoms with Gasteiger partial charge in [0, 0.05) is 45.5 Å². The lowest BCUT2D eigenvalue weighted by molar-refractivity contribution is -0.129. The maximum absolute atomic E-state index is 12.7. The van der Waals surface area contributed by atoms with Crippen molar-refractivity contribution in [2.75, 3.05) is 52.8 Å². The summed E-state index contributed by atoms with van der Waals surface area (Å²) in [7, 11) is 4.95. The number of halogens is 1. The summed E-state index contributed by atoms with van der Waals surface area (Å²) < 4.78 is 5.05. The van der Waals surface area contributed by atoms with E-state index in [0.717, 1.165) is 24.2 Å². The maximum atomic E-state index is 12.7. The molecule has 0 fully saturated rings. The van der Waals surface area contributed by atoms with Gasteiger partial charge in [0.15, 0.2) is 0 Å². The monoisotopic (exact) mass is 341 g/mol. The summed E-state index contributed by atoms with van der Waals surface area (Å²) in [4.78, 5) is 27.6. The number of rotatable bonds is 6. The van der Waals surface area contributed by atoms with Gasteiger partial charge in [0.05, 0.1) is 6.61 Å². The largest absolute Gasteiger partial charge is 0.384 e. The van der Waals surface area contributed by atoms with Crippen molar-refractivity contribution in [3.8, 4) is 0 Å². The first kappa shape index (κ1) is 19.3. The average molecular weight is 342 g/mol. The Balaban J connectivity index is 0.00000264. The summed E-state index contributed by atoms with van der Waals surface area (Å²) in [6, 6.07) is 5.65. The van der Waals surface area contributed by atoms with Gasteiger partial charge in [-0.2, -0.15) is 0 Å². The van der Waals surface area contributed by atoms with Crippen LogP contribution < -0.4 is 5.32 Å². The van der Waals surface area contributed by atoms with E-state index >= 15 is 0 Å². The molecule has 0 aromatic heterocycles. The number of nitrogens with zero attached hydrogens (tertiary/aromatic N) is 2. The summed E-state index contributed by atoms with van der Waals surface area (Å²) in [5.74, 6) is -0.241. The third kappa shape index (κ3) is 4.84. The lowest BCUT2D eigenvalue weighted by atomic mass is 10.1. The first-order valence-corrected chi connectivity index (χ1v) is 7.38. The van der Waals surface area contributed by atoms with Crippen LogP contribution in [0.3, 0.4) is 0 Å². The third-order valence-electron chi connectivity index (χ3n) is 3.74. The second-order valence-electron chi connectivity index (χ2n) is 5.56. The number of carbonyl (C=O) groups is 2. The molecule has 0 unspecified atom stereocenters. The zero-order valence-corrected chi connectivity index (χ0v) is 14.6.